The Morgan fingerprint density at radius 3 is 2.61 bits per heavy atom. The second-order valence-electron chi connectivity index (χ2n) is 4.91. The number of carbonyl (C=O) groups excluding carboxylic acids is 1. The van der Waals surface area contributed by atoms with Crippen molar-refractivity contribution in [2.24, 2.45) is 5.73 Å². The summed E-state index contributed by atoms with van der Waals surface area (Å²) in [6.45, 7) is 1.80. The quantitative estimate of drug-likeness (QED) is 0.793. The molecule has 0 fully saturated rings. The van der Waals surface area contributed by atoms with E-state index < -0.39 is 23.6 Å². The van der Waals surface area contributed by atoms with Gasteiger partial charge >= 0.3 is 5.97 Å². The van der Waals surface area contributed by atoms with Crippen LogP contribution in [0.5, 0.6) is 0 Å². The fourth-order valence-corrected chi connectivity index (χ4v) is 2.31. The first-order valence-corrected chi connectivity index (χ1v) is 7.22. The molecule has 3 N–H and O–H groups in total. The Bertz CT molecular complexity index is 779. The number of carboxylic acid groups (broad SMARTS) is 1. The molecule has 0 aliphatic heterocycles. The van der Waals surface area contributed by atoms with Crippen LogP contribution < -0.4 is 5.73 Å². The van der Waals surface area contributed by atoms with Gasteiger partial charge in [-0.1, -0.05) is 24.6 Å². The summed E-state index contributed by atoms with van der Waals surface area (Å²) >= 11 is 5.96. The lowest BCUT2D eigenvalue weighted by atomic mass is 9.97. The molecule has 0 saturated carbocycles. The Kier molecular flexibility index (Phi) is 5.08. The molecule has 23 heavy (non-hydrogen) atoms. The number of carbonyl (C=O) groups is 2. The molecule has 1 atom stereocenters. The number of carboxylic acids is 1. The largest absolute Gasteiger partial charge is 0.477 e. The van der Waals surface area contributed by atoms with Crippen LogP contribution in [0.2, 0.25) is 5.02 Å². The van der Waals surface area contributed by atoms with E-state index >= 15 is 0 Å². The van der Waals surface area contributed by atoms with Gasteiger partial charge in [0.2, 0.25) is 0 Å². The molecule has 128 valence electrons. The van der Waals surface area contributed by atoms with Gasteiger partial charge in [0.05, 0.1) is 10.6 Å². The lowest BCUT2D eigenvalue weighted by Crippen LogP contribution is -2.15. The Labute approximate surface area is 142 Å². The summed E-state index contributed by atoms with van der Waals surface area (Å²) in [4.78, 5) is 26.9. The summed E-state index contributed by atoms with van der Waals surface area (Å²) < 4.78 is 14.6. The molecule has 5 nitrogen and oxygen atoms in total. The molecule has 7 heteroatoms. The van der Waals surface area contributed by atoms with E-state index in [2.05, 4.69) is 4.98 Å². The highest BCUT2D eigenvalue weighted by atomic mass is 35.5. The maximum absolute atomic E-state index is 14.6. The van der Waals surface area contributed by atoms with Gasteiger partial charge in [-0.15, -0.1) is 0 Å². The summed E-state index contributed by atoms with van der Waals surface area (Å²) in [5.74, 6) is -2.66. The Morgan fingerprint density at radius 1 is 1.39 bits per heavy atom. The summed E-state index contributed by atoms with van der Waals surface area (Å²) in [5.41, 5.74) is 5.57. The predicted octanol–water partition coefficient (Wildman–Crippen LogP) is 4.20. The number of nitrogens with zero attached hydrogens (tertiary/aromatic N) is 1. The van der Waals surface area contributed by atoms with Crippen LogP contribution in [0.3, 0.4) is 0 Å². The number of aromatic carboxylic acids is 1. The lowest BCUT2D eigenvalue weighted by Gasteiger charge is -2.14. The van der Waals surface area contributed by atoms with Crippen molar-refractivity contribution in [1.82, 2.24) is 4.98 Å². The Balaban J connectivity index is -0.00000144. The van der Waals surface area contributed by atoms with E-state index in [9.17, 15) is 14.0 Å². The van der Waals surface area contributed by atoms with Crippen LogP contribution in [-0.4, -0.2) is 21.8 Å². The average molecular weight is 345 g/mol. The fourth-order valence-electron chi connectivity index (χ4n) is 2.08. The minimum Gasteiger partial charge on any atom is -0.477 e. The van der Waals surface area contributed by atoms with E-state index in [4.69, 9.17) is 22.4 Å². The Morgan fingerprint density at radius 2 is 2.09 bits per heavy atom. The molecular formula is C16H22ClFN2O3. The second kappa shape index (κ2) is 6.85. The third-order valence-electron chi connectivity index (χ3n) is 3.43. The SMILES string of the molecule is CC[C@@H](N)c1ccc(Cl)c(C(=O)c2ccc(C(=O)O)nc2)c1F.[HH].[HH].[HH].[HH]. The minimum absolute atomic E-state index is 0. The molecule has 1 aromatic heterocycles. The molecule has 0 aliphatic rings. The smallest absolute Gasteiger partial charge is 0.354 e. The summed E-state index contributed by atoms with van der Waals surface area (Å²) in [6, 6.07) is 4.76. The van der Waals surface area contributed by atoms with Crippen LogP contribution in [0, 0.1) is 5.82 Å². The van der Waals surface area contributed by atoms with E-state index in [1.807, 2.05) is 0 Å². The van der Waals surface area contributed by atoms with Gasteiger partial charge < -0.3 is 10.8 Å². The predicted molar refractivity (Wildman–Crippen MR) is 91.7 cm³/mol. The van der Waals surface area contributed by atoms with Crippen molar-refractivity contribution in [3.63, 3.8) is 0 Å². The van der Waals surface area contributed by atoms with Gasteiger partial charge in [0.25, 0.3) is 0 Å². The van der Waals surface area contributed by atoms with E-state index in [-0.39, 0.29) is 33.1 Å². The highest BCUT2D eigenvalue weighted by Crippen LogP contribution is 2.28. The normalized spacial score (nSPS) is 12.0. The van der Waals surface area contributed by atoms with Crippen molar-refractivity contribution in [2.45, 2.75) is 19.4 Å². The van der Waals surface area contributed by atoms with Gasteiger partial charge in [0.1, 0.15) is 11.5 Å². The lowest BCUT2D eigenvalue weighted by molar-refractivity contribution is 0.0690. The number of nitrogens with two attached hydrogens (primary N) is 1. The number of aromatic nitrogens is 1. The van der Waals surface area contributed by atoms with Gasteiger partial charge in [0, 0.05) is 29.1 Å². The number of hydrogen-bond donors (Lipinski definition) is 2. The van der Waals surface area contributed by atoms with Crippen LogP contribution in [0.1, 0.15) is 57.1 Å². The monoisotopic (exact) mass is 344 g/mol. The van der Waals surface area contributed by atoms with E-state index in [1.54, 1.807) is 6.92 Å². The number of ketones is 1. The first-order chi connectivity index (χ1) is 10.9. The summed E-state index contributed by atoms with van der Waals surface area (Å²) in [5, 5.41) is 8.76. The first-order valence-electron chi connectivity index (χ1n) is 6.84. The average Bonchev–Trinajstić information content (AvgIpc) is 2.54. The molecule has 0 bridgehead atoms. The standard InChI is InChI=1S/C16H14ClFN2O3.4H2/c1-2-11(19)9-4-5-10(17)13(14(9)18)15(21)8-3-6-12(16(22)23)20-7-8;;;;/h3-7,11H,2,19H2,1H3,(H,22,23);4*1H/t11-;;;;/m1..../s1. The second-order valence-corrected chi connectivity index (χ2v) is 5.31. The maximum Gasteiger partial charge on any atom is 0.354 e. The third kappa shape index (κ3) is 3.38. The number of hydrogen-bond acceptors (Lipinski definition) is 4. The van der Waals surface area contributed by atoms with Gasteiger partial charge in [-0.05, 0) is 24.6 Å². The zero-order valence-electron chi connectivity index (χ0n) is 12.2. The van der Waals surface area contributed by atoms with Crippen molar-refractivity contribution in [1.29, 1.82) is 0 Å². The number of halogens is 2. The molecule has 0 aliphatic carbocycles. The zero-order valence-corrected chi connectivity index (χ0v) is 13.0. The highest BCUT2D eigenvalue weighted by molar-refractivity contribution is 6.35. The molecule has 0 amide bonds. The molecule has 0 spiro atoms. The first kappa shape index (κ1) is 17.1. The van der Waals surface area contributed by atoms with Crippen LogP contribution >= 0.6 is 11.6 Å². The molecule has 0 saturated heterocycles. The number of rotatable bonds is 5. The van der Waals surface area contributed by atoms with E-state index in [0.717, 1.165) is 6.20 Å². The van der Waals surface area contributed by atoms with Crippen molar-refractivity contribution in [3.05, 3.63) is 63.7 Å². The summed E-state index contributed by atoms with van der Waals surface area (Å²) in [7, 11) is 0. The van der Waals surface area contributed by atoms with Gasteiger partial charge in [-0.3, -0.25) is 4.79 Å². The molecule has 1 heterocycles. The minimum atomic E-state index is -1.22. The number of benzene rings is 1. The van der Waals surface area contributed by atoms with Gasteiger partial charge in [0.15, 0.2) is 5.78 Å². The molecule has 0 radical (unpaired) electrons. The van der Waals surface area contributed by atoms with Crippen molar-refractivity contribution >= 4 is 23.4 Å². The van der Waals surface area contributed by atoms with E-state index in [0.29, 0.717) is 6.42 Å². The van der Waals surface area contributed by atoms with Crippen LogP contribution in [-0.2, 0) is 0 Å². The third-order valence-corrected chi connectivity index (χ3v) is 3.75. The molecular weight excluding hydrogens is 323 g/mol. The number of pyridine rings is 1. The zero-order chi connectivity index (χ0) is 17.1. The molecule has 0 unspecified atom stereocenters. The van der Waals surface area contributed by atoms with Crippen LogP contribution in [0.4, 0.5) is 4.39 Å². The van der Waals surface area contributed by atoms with Crippen molar-refractivity contribution < 1.29 is 24.8 Å². The topological polar surface area (TPSA) is 93.3 Å². The van der Waals surface area contributed by atoms with E-state index in [1.165, 1.54) is 24.3 Å². The maximum atomic E-state index is 14.6. The van der Waals surface area contributed by atoms with Gasteiger partial charge in [-0.2, -0.15) is 0 Å². The summed E-state index contributed by atoms with van der Waals surface area (Å²) in [6.07, 6.45) is 1.58. The van der Waals surface area contributed by atoms with Crippen molar-refractivity contribution in [2.75, 3.05) is 0 Å². The molecule has 2 aromatic rings. The Hall–Kier alpha value is -2.31. The van der Waals surface area contributed by atoms with Crippen LogP contribution in [0.25, 0.3) is 0 Å². The fraction of sp³-hybridized carbons (Fsp3) is 0.188. The molecule has 1 aromatic carbocycles. The van der Waals surface area contributed by atoms with Crippen LogP contribution in [0.15, 0.2) is 30.5 Å². The molecule has 2 rings (SSSR count). The van der Waals surface area contributed by atoms with Gasteiger partial charge in [-0.25, -0.2) is 14.2 Å². The van der Waals surface area contributed by atoms with Crippen molar-refractivity contribution in [3.8, 4) is 0 Å². The highest BCUT2D eigenvalue weighted by Gasteiger charge is 2.23.